The lowest BCUT2D eigenvalue weighted by atomic mass is 10.0. The summed E-state index contributed by atoms with van der Waals surface area (Å²) < 4.78 is 0. The Morgan fingerprint density at radius 1 is 0.337 bits per heavy atom. The topological polar surface area (TPSA) is 677 Å². The normalized spacial score (nSPS) is 17.5. The number of aliphatic hydroxyl groups is 15. The minimum atomic E-state index is -2.17. The largest absolute Gasteiger partial charge is 0.481 e. The van der Waals surface area contributed by atoms with Crippen LogP contribution in [0.1, 0.15) is 77.6 Å². The van der Waals surface area contributed by atoms with Crippen molar-refractivity contribution >= 4 is 83.7 Å². The fourth-order valence-electron chi connectivity index (χ4n) is 7.66. The fraction of sp³-hybridized carbons (Fsp3) is 0.755. The number of aliphatic hydroxyl groups excluding tert-OH is 15. The van der Waals surface area contributed by atoms with Gasteiger partial charge in [-0.05, 0) is 38.5 Å². The molecule has 0 unspecified atom stereocenters. The van der Waals surface area contributed by atoms with Gasteiger partial charge in [0.25, 0.3) is 0 Å². The lowest BCUT2D eigenvalue weighted by molar-refractivity contribution is -0.142. The molecule has 0 fully saturated rings. The summed E-state index contributed by atoms with van der Waals surface area (Å²) in [7, 11) is 0. The van der Waals surface area contributed by atoms with Gasteiger partial charge in [0.1, 0.15) is 91.2 Å². The van der Waals surface area contributed by atoms with E-state index in [-0.39, 0.29) is 0 Å². The minimum Gasteiger partial charge on any atom is -0.481 e. The van der Waals surface area contributed by atoms with Gasteiger partial charge in [-0.15, -0.1) is 0 Å². The van der Waals surface area contributed by atoms with Crippen LogP contribution in [0.2, 0.25) is 0 Å². The zero-order chi connectivity index (χ0) is 68.4. The summed E-state index contributed by atoms with van der Waals surface area (Å²) in [5, 5.41) is 195. The van der Waals surface area contributed by atoms with Crippen molar-refractivity contribution in [2.45, 2.75) is 187 Å². The molecule has 0 aromatic carbocycles. The molecule has 0 saturated carbocycles. The molecule has 0 radical (unpaired) electrons. The number of aliphatic carboxylic acids is 3. The molecule has 9 amide bonds. The number of carboxylic acids is 3. The molecule has 0 aromatic rings. The number of carboxylic acid groups (broad SMARTS) is 3. The molecule has 0 heterocycles. The number of carbonyl (C=O) groups is 12. The van der Waals surface area contributed by atoms with Gasteiger partial charge >= 0.3 is 17.9 Å². The zero-order valence-corrected chi connectivity index (χ0v) is 48.9. The number of nitrogens with one attached hydrogen (secondary N) is 9. The fourth-order valence-corrected chi connectivity index (χ4v) is 7.91. The minimum absolute atomic E-state index is 0.449. The molecule has 0 rings (SSSR count). The highest BCUT2D eigenvalue weighted by atomic mass is 32.1. The van der Waals surface area contributed by atoms with E-state index in [0.29, 0.717) is 0 Å². The van der Waals surface area contributed by atoms with Gasteiger partial charge < -0.3 is 140 Å². The van der Waals surface area contributed by atoms with Crippen LogP contribution < -0.4 is 47.9 Å². The Balaban J connectivity index is 7.25. The zero-order valence-electron chi connectivity index (χ0n) is 48.0. The van der Waals surface area contributed by atoms with E-state index in [1.807, 2.05) is 0 Å². The van der Waals surface area contributed by atoms with Gasteiger partial charge in [0.2, 0.25) is 53.2 Å². The maximum absolute atomic E-state index is 14.4. The predicted molar refractivity (Wildman–Crippen MR) is 297 cm³/mol. The molecule has 39 nitrogen and oxygen atoms in total. The lowest BCUT2D eigenvalue weighted by Gasteiger charge is -2.28. The first-order chi connectivity index (χ1) is 41.6. The van der Waals surface area contributed by atoms with Gasteiger partial charge in [0.05, 0.1) is 38.1 Å². The number of thiol groups is 1. The Labute approximate surface area is 512 Å². The van der Waals surface area contributed by atoms with Gasteiger partial charge in [0.15, 0.2) is 0 Å². The summed E-state index contributed by atoms with van der Waals surface area (Å²) in [5.74, 6) is -15.9. The van der Waals surface area contributed by atoms with Crippen LogP contribution in [0, 0.1) is 0 Å². The van der Waals surface area contributed by atoms with Crippen molar-refractivity contribution < 1.29 is 149 Å². The number of hydrogen-bond donors (Lipinski definition) is 28. The molecular formula is C49H85N9O30S. The molecule has 0 aromatic heterocycles. The first-order valence-corrected chi connectivity index (χ1v) is 28.1. The van der Waals surface area contributed by atoms with E-state index in [1.165, 1.54) is 0 Å². The maximum Gasteiger partial charge on any atom is 0.327 e. The lowest BCUT2D eigenvalue weighted by Crippen LogP contribution is -2.59. The summed E-state index contributed by atoms with van der Waals surface area (Å²) in [5.41, 5.74) is 0. The molecule has 0 aliphatic heterocycles. The van der Waals surface area contributed by atoms with Gasteiger partial charge in [-0.2, -0.15) is 12.6 Å². The van der Waals surface area contributed by atoms with Crippen molar-refractivity contribution in [1.29, 1.82) is 0 Å². The van der Waals surface area contributed by atoms with Crippen LogP contribution in [-0.2, 0) is 57.5 Å². The van der Waals surface area contributed by atoms with Crippen LogP contribution >= 0.6 is 12.6 Å². The highest BCUT2D eigenvalue weighted by Crippen LogP contribution is 2.12. The van der Waals surface area contributed by atoms with E-state index in [1.54, 1.807) is 0 Å². The molecule has 0 spiro atoms. The van der Waals surface area contributed by atoms with Crippen LogP contribution in [-0.4, -0.2) is 318 Å². The summed E-state index contributed by atoms with van der Waals surface area (Å²) in [4.78, 5) is 156. The second-order valence-corrected chi connectivity index (χ2v) is 20.6. The summed E-state index contributed by atoms with van der Waals surface area (Å²) in [6, 6.07) is -11.4. The van der Waals surface area contributed by atoms with E-state index >= 15 is 0 Å². The molecule has 0 aliphatic carbocycles. The highest BCUT2D eigenvalue weighted by Gasteiger charge is 2.37. The van der Waals surface area contributed by atoms with Gasteiger partial charge in [-0.25, -0.2) is 4.79 Å². The third-order valence-corrected chi connectivity index (χ3v) is 13.4. The van der Waals surface area contributed by atoms with Gasteiger partial charge in [-0.3, -0.25) is 52.7 Å². The Hall–Kier alpha value is -6.61. The van der Waals surface area contributed by atoms with E-state index < -0.39 is 296 Å². The Morgan fingerprint density at radius 3 is 0.831 bits per heavy atom. The standard InChI is InChI=1S/C49H85N9O30S/c1-20(62)53-22(5-9-33(69)50-13-27(63)38(76)41(79)30(66)16-59)45(83)57-25(8-12-37(74)75)47(85)56-23(6-10-34(70)51-14-28(64)39(77)42(80)31(67)17-60)46(84)54-21(3-2-4-36(72)73)44(82)55-24(48(86)58-26(19-89)49(87)88)7-11-35(71)52-15-29(65)40(78)43(81)32(68)18-61/h21-32,38-43,59-61,63-68,76-81,89H,2-19H2,1H3,(H,50,69)(H,51,70)(H,52,71)(H,53,62)(H,54,84)(H,55,82)(H,56,85)(H,57,83)(H,58,86)(H,72,73)(H,74,75)(H,87,88)/t21-,22-,23-,24-,25-,26-,27-,28-,29-,30+,31+,32+,38+,39+,40+,41+,42+,43+/m0/s1. The van der Waals surface area contributed by atoms with E-state index in [2.05, 4.69) is 60.5 Å². The predicted octanol–water partition coefficient (Wildman–Crippen LogP) is -14.0. The Morgan fingerprint density at radius 2 is 0.584 bits per heavy atom. The summed E-state index contributed by atoms with van der Waals surface area (Å²) >= 11 is 3.87. The van der Waals surface area contributed by atoms with Gasteiger partial charge in [-0.1, -0.05) is 0 Å². The van der Waals surface area contributed by atoms with Crippen molar-refractivity contribution in [3.63, 3.8) is 0 Å². The van der Waals surface area contributed by atoms with E-state index in [0.717, 1.165) is 6.92 Å². The van der Waals surface area contributed by atoms with E-state index in [9.17, 15) is 134 Å². The van der Waals surface area contributed by atoms with Crippen molar-refractivity contribution in [1.82, 2.24) is 47.9 Å². The molecule has 512 valence electrons. The maximum atomic E-state index is 14.4. The number of rotatable bonds is 47. The van der Waals surface area contributed by atoms with Crippen LogP contribution in [0.25, 0.3) is 0 Å². The molecule has 27 N–H and O–H groups in total. The van der Waals surface area contributed by atoms with Crippen LogP contribution in [0.3, 0.4) is 0 Å². The van der Waals surface area contributed by atoms with E-state index in [4.69, 9.17) is 15.3 Å². The Bertz CT molecular complexity index is 2300. The highest BCUT2D eigenvalue weighted by molar-refractivity contribution is 7.80. The third-order valence-electron chi connectivity index (χ3n) is 13.0. The average Bonchev–Trinajstić information content (AvgIpc) is 3.63. The molecule has 40 heteroatoms. The molecule has 18 atom stereocenters. The second kappa shape index (κ2) is 43.2. The monoisotopic (exact) mass is 1310 g/mol. The molecule has 0 bridgehead atoms. The SMILES string of the molecule is CC(=O)N[C@@H](CCC(=O)NC[C@H](O)[C@@H](O)[C@H](O)[C@H](O)CO)C(=O)N[C@@H](CCC(=O)O)C(=O)N[C@@H](CCC(=O)NC[C@H](O)[C@@H](O)[C@H](O)[C@H](O)CO)C(=O)N[C@@H](CCCC(=O)O)C(=O)N[C@@H](CCC(=O)NC[C@H](O)[C@@H](O)[C@H](O)[C@H](O)CO)C(=O)N[C@@H](CS)C(=O)O. The number of hydrogen-bond acceptors (Lipinski definition) is 28. The average molecular weight is 1310 g/mol. The molecule has 89 heavy (non-hydrogen) atoms. The first kappa shape index (κ1) is 82.4. The summed E-state index contributed by atoms with van der Waals surface area (Å²) in [6.45, 7) is -4.63. The number of amides is 9. The quantitative estimate of drug-likeness (QED) is 0.0252. The smallest absolute Gasteiger partial charge is 0.327 e. The van der Waals surface area contributed by atoms with Crippen LogP contribution in [0.4, 0.5) is 0 Å². The molecule has 0 saturated heterocycles. The van der Waals surface area contributed by atoms with Crippen molar-refractivity contribution in [2.24, 2.45) is 0 Å². The third kappa shape index (κ3) is 32.1. The summed E-state index contributed by atoms with van der Waals surface area (Å²) in [6.07, 6.45) is -32.3. The van der Waals surface area contributed by atoms with Gasteiger partial charge in [0, 0.05) is 64.4 Å². The first-order valence-electron chi connectivity index (χ1n) is 27.4. The van der Waals surface area contributed by atoms with Crippen LogP contribution in [0.15, 0.2) is 0 Å². The van der Waals surface area contributed by atoms with Crippen molar-refractivity contribution in [3.05, 3.63) is 0 Å². The number of carbonyl (C=O) groups excluding carboxylic acids is 9. The second-order valence-electron chi connectivity index (χ2n) is 20.2. The van der Waals surface area contributed by atoms with Crippen molar-refractivity contribution in [3.8, 4) is 0 Å². The molecular weight excluding hydrogens is 1230 g/mol. The van der Waals surface area contributed by atoms with Crippen LogP contribution in [0.5, 0.6) is 0 Å². The molecule has 0 aliphatic rings. The Kier molecular flexibility index (Phi) is 40.0. The van der Waals surface area contributed by atoms with Crippen molar-refractivity contribution in [2.75, 3.05) is 45.2 Å².